The zero-order chi connectivity index (χ0) is 71.8. The van der Waals surface area contributed by atoms with E-state index in [1.807, 2.05) is 6.08 Å². The molecule has 17 unspecified atom stereocenters. The highest BCUT2D eigenvalue weighted by atomic mass is 16.8. The highest BCUT2D eigenvalue weighted by molar-refractivity contribution is 5.76. The number of carbonyl (C=O) groups excluding carboxylic acids is 1. The number of hydrogen-bond donors (Lipinski definition) is 12. The van der Waals surface area contributed by atoms with Crippen molar-refractivity contribution in [1.29, 1.82) is 0 Å². The van der Waals surface area contributed by atoms with E-state index in [1.54, 1.807) is 6.08 Å². The van der Waals surface area contributed by atoms with Gasteiger partial charge in [0.05, 0.1) is 38.6 Å². The maximum atomic E-state index is 13.5. The van der Waals surface area contributed by atoms with Gasteiger partial charge in [-0.25, -0.2) is 0 Å². The third-order valence-corrected chi connectivity index (χ3v) is 20.4. The molecule has 3 saturated heterocycles. The van der Waals surface area contributed by atoms with Crippen molar-refractivity contribution in [1.82, 2.24) is 5.32 Å². The largest absolute Gasteiger partial charge is 0.394 e. The Bertz CT molecular complexity index is 1930. The van der Waals surface area contributed by atoms with Gasteiger partial charge in [-0.05, 0) is 44.9 Å². The van der Waals surface area contributed by atoms with Gasteiger partial charge in [-0.1, -0.05) is 320 Å². The van der Waals surface area contributed by atoms with E-state index in [2.05, 4.69) is 43.5 Å². The van der Waals surface area contributed by atoms with Crippen LogP contribution in [-0.2, 0) is 33.2 Å². The van der Waals surface area contributed by atoms with Crippen molar-refractivity contribution < 1.29 is 89.4 Å². The number of carbonyl (C=O) groups is 1. The highest BCUT2D eigenvalue weighted by Gasteiger charge is 2.54. The molecule has 0 aromatic rings. The van der Waals surface area contributed by atoms with E-state index in [0.29, 0.717) is 12.8 Å². The summed E-state index contributed by atoms with van der Waals surface area (Å²) in [6, 6.07) is -0.996. The lowest BCUT2D eigenvalue weighted by Crippen LogP contribution is -2.66. The fraction of sp³-hybridized carbons (Fsp3) is 0.912. The lowest BCUT2D eigenvalue weighted by atomic mass is 9.96. The Hall–Kier alpha value is -1.99. The molecule has 3 aliphatic heterocycles. The Morgan fingerprint density at radius 3 is 1.01 bits per heavy atom. The van der Waals surface area contributed by atoms with Gasteiger partial charge in [0.2, 0.25) is 5.91 Å². The van der Waals surface area contributed by atoms with Crippen molar-refractivity contribution in [3.05, 3.63) is 36.5 Å². The van der Waals surface area contributed by atoms with Crippen LogP contribution < -0.4 is 5.32 Å². The van der Waals surface area contributed by atoms with Crippen LogP contribution in [-0.4, -0.2) is 193 Å². The molecule has 3 fully saturated rings. The van der Waals surface area contributed by atoms with Crippen molar-refractivity contribution in [3.8, 4) is 0 Å². The van der Waals surface area contributed by atoms with E-state index in [0.717, 1.165) is 44.9 Å². The molecule has 582 valence electrons. The summed E-state index contributed by atoms with van der Waals surface area (Å²) in [6.45, 7) is 1.77. The molecule has 19 heteroatoms. The zero-order valence-corrected chi connectivity index (χ0v) is 62.2. The van der Waals surface area contributed by atoms with Crippen LogP contribution in [0.15, 0.2) is 36.5 Å². The number of hydrogen-bond acceptors (Lipinski definition) is 18. The number of unbranched alkanes of at least 4 members (excludes halogenated alkanes) is 45. The minimum Gasteiger partial charge on any atom is -0.394 e. The minimum atomic E-state index is -1.98. The maximum absolute atomic E-state index is 13.5. The number of rotatable bonds is 65. The van der Waals surface area contributed by atoms with E-state index in [1.165, 1.54) is 257 Å². The Morgan fingerprint density at radius 1 is 0.354 bits per heavy atom. The molecule has 1 amide bonds. The average Bonchev–Trinajstić information content (AvgIpc) is 0.781. The Labute approximate surface area is 600 Å². The summed E-state index contributed by atoms with van der Waals surface area (Å²) in [5.41, 5.74) is 0. The quantitative estimate of drug-likeness (QED) is 0.0199. The van der Waals surface area contributed by atoms with Crippen LogP contribution in [0.3, 0.4) is 0 Å². The molecular formula is C80H149NO18. The van der Waals surface area contributed by atoms with Gasteiger partial charge in [-0.3, -0.25) is 4.79 Å². The van der Waals surface area contributed by atoms with Crippen LogP contribution in [0.5, 0.6) is 0 Å². The standard InChI is InChI=1S/C80H149NO18/c1-3-5-7-9-11-13-15-17-19-21-23-25-27-29-30-31-32-34-36-38-40-42-44-46-48-50-52-54-56-58-68(86)81-63(64(85)57-55-53-51-49-47-45-43-41-39-37-35-33-28-26-24-22-20-18-16-14-12-10-8-6-4-2)62-94-78-74(92)71(89)76(66(60-83)96-78)99-80-75(93)72(90)77(67(61-84)97-80)98-79-73(91)70(88)69(87)65(59-82)95-79/h39,41,47,49,55,57,63-67,69-80,82-85,87-93H,3-38,40,42-46,48,50-54,56,58-62H2,1-2H3,(H,81,86)/b41-39+,49-47+,57-55+. The molecule has 3 rings (SSSR count). The Morgan fingerprint density at radius 2 is 0.646 bits per heavy atom. The summed E-state index contributed by atoms with van der Waals surface area (Å²) >= 11 is 0. The minimum absolute atomic E-state index is 0.236. The molecule has 0 spiro atoms. The fourth-order valence-electron chi connectivity index (χ4n) is 13.9. The lowest BCUT2D eigenvalue weighted by Gasteiger charge is -2.48. The predicted molar refractivity (Wildman–Crippen MR) is 393 cm³/mol. The summed E-state index contributed by atoms with van der Waals surface area (Å²) in [6.07, 6.45) is 48.6. The normalized spacial score (nSPS) is 26.7. The molecule has 0 aromatic carbocycles. The van der Waals surface area contributed by atoms with Gasteiger partial charge in [0.15, 0.2) is 18.9 Å². The van der Waals surface area contributed by atoms with Gasteiger partial charge in [0, 0.05) is 6.42 Å². The number of allylic oxidation sites excluding steroid dienone is 5. The van der Waals surface area contributed by atoms with Gasteiger partial charge >= 0.3 is 0 Å². The van der Waals surface area contributed by atoms with Crippen molar-refractivity contribution in [2.45, 2.75) is 439 Å². The van der Waals surface area contributed by atoms with Crippen LogP contribution >= 0.6 is 0 Å². The molecule has 0 radical (unpaired) electrons. The molecule has 0 aliphatic carbocycles. The molecule has 17 atom stereocenters. The number of amides is 1. The topological polar surface area (TPSA) is 307 Å². The summed E-state index contributed by atoms with van der Waals surface area (Å²) in [4.78, 5) is 13.5. The van der Waals surface area contributed by atoms with Gasteiger partial charge < -0.3 is 89.9 Å². The lowest BCUT2D eigenvalue weighted by molar-refractivity contribution is -0.379. The summed E-state index contributed by atoms with van der Waals surface area (Å²) in [5, 5.41) is 121. The second-order valence-electron chi connectivity index (χ2n) is 29.2. The number of aliphatic hydroxyl groups is 11. The molecule has 0 aromatic heterocycles. The first-order chi connectivity index (χ1) is 48.3. The molecule has 3 heterocycles. The third kappa shape index (κ3) is 41.5. The van der Waals surface area contributed by atoms with Crippen molar-refractivity contribution in [2.75, 3.05) is 26.4 Å². The van der Waals surface area contributed by atoms with Crippen molar-refractivity contribution in [3.63, 3.8) is 0 Å². The van der Waals surface area contributed by atoms with E-state index >= 15 is 0 Å². The monoisotopic (exact) mass is 1410 g/mol. The number of ether oxygens (including phenoxy) is 6. The van der Waals surface area contributed by atoms with E-state index in [9.17, 15) is 61.0 Å². The van der Waals surface area contributed by atoms with Gasteiger partial charge in [0.1, 0.15) is 73.2 Å². The third-order valence-electron chi connectivity index (χ3n) is 20.4. The molecule has 19 nitrogen and oxygen atoms in total. The Balaban J connectivity index is 1.39. The first-order valence-corrected chi connectivity index (χ1v) is 40.7. The van der Waals surface area contributed by atoms with Gasteiger partial charge in [-0.2, -0.15) is 0 Å². The zero-order valence-electron chi connectivity index (χ0n) is 62.2. The number of aliphatic hydroxyl groups excluding tert-OH is 11. The average molecular weight is 1410 g/mol. The maximum Gasteiger partial charge on any atom is 0.220 e. The van der Waals surface area contributed by atoms with E-state index < -0.39 is 124 Å². The van der Waals surface area contributed by atoms with Crippen molar-refractivity contribution in [2.24, 2.45) is 0 Å². The summed E-state index contributed by atoms with van der Waals surface area (Å²) < 4.78 is 34.4. The van der Waals surface area contributed by atoms with Crippen LogP contribution in [0, 0.1) is 0 Å². The first kappa shape index (κ1) is 91.2. The molecule has 99 heavy (non-hydrogen) atoms. The van der Waals surface area contributed by atoms with Crippen LogP contribution in [0.25, 0.3) is 0 Å². The fourth-order valence-corrected chi connectivity index (χ4v) is 13.9. The van der Waals surface area contributed by atoms with E-state index in [4.69, 9.17) is 28.4 Å². The second-order valence-corrected chi connectivity index (χ2v) is 29.2. The summed E-state index contributed by atoms with van der Waals surface area (Å²) in [5.74, 6) is -0.282. The molecule has 0 bridgehead atoms. The second kappa shape index (κ2) is 61.2. The highest BCUT2D eigenvalue weighted by Crippen LogP contribution is 2.33. The molecule has 3 aliphatic rings. The Kier molecular flexibility index (Phi) is 56.4. The van der Waals surface area contributed by atoms with Crippen molar-refractivity contribution >= 4 is 5.91 Å². The molecule has 0 saturated carbocycles. The van der Waals surface area contributed by atoms with Crippen LogP contribution in [0.4, 0.5) is 0 Å². The smallest absolute Gasteiger partial charge is 0.220 e. The SMILES string of the molecule is CCCCCCCCCCCCCCCCC/C=C/CC/C=C/CC/C=C/C(O)C(COC1OC(CO)C(OC2OC(CO)C(OC3OC(CO)C(O)C(O)C3O)C(O)C2O)C(O)C1O)NC(=O)CCCCCCCCCCCCCCCCCCCCCCCCCCCCCCC. The first-order valence-electron chi connectivity index (χ1n) is 40.7. The summed E-state index contributed by atoms with van der Waals surface area (Å²) in [7, 11) is 0. The molecular weight excluding hydrogens is 1260 g/mol. The van der Waals surface area contributed by atoms with Crippen LogP contribution in [0.2, 0.25) is 0 Å². The predicted octanol–water partition coefficient (Wildman–Crippen LogP) is 13.5. The molecule has 12 N–H and O–H groups in total. The van der Waals surface area contributed by atoms with Crippen LogP contribution in [0.1, 0.15) is 335 Å². The number of nitrogens with one attached hydrogen (secondary N) is 1. The van der Waals surface area contributed by atoms with E-state index in [-0.39, 0.29) is 18.9 Å². The van der Waals surface area contributed by atoms with Gasteiger partial charge in [-0.15, -0.1) is 0 Å². The van der Waals surface area contributed by atoms with Gasteiger partial charge in [0.25, 0.3) is 0 Å².